The molecule has 0 unspecified atom stereocenters. The largest absolute Gasteiger partial charge is 0.368 e. The van der Waals surface area contributed by atoms with E-state index in [1.54, 1.807) is 12.1 Å². The number of aldehydes is 1. The lowest BCUT2D eigenvalue weighted by molar-refractivity contribution is -0.384. The number of non-ortho nitro benzene ring substituents is 1. The van der Waals surface area contributed by atoms with Crippen LogP contribution in [0.1, 0.15) is 17.3 Å². The molecule has 0 bridgehead atoms. The van der Waals surface area contributed by atoms with E-state index in [1.807, 2.05) is 11.8 Å². The van der Waals surface area contributed by atoms with Gasteiger partial charge >= 0.3 is 0 Å². The molecule has 0 aromatic heterocycles. The van der Waals surface area contributed by atoms with Gasteiger partial charge in [-0.3, -0.25) is 14.9 Å². The number of nitro benzene ring substituents is 1. The van der Waals surface area contributed by atoms with Gasteiger partial charge in [0.2, 0.25) is 0 Å². The van der Waals surface area contributed by atoms with Crippen LogP contribution in [0, 0.1) is 10.1 Å². The van der Waals surface area contributed by atoms with Gasteiger partial charge in [-0.1, -0.05) is 6.08 Å². The van der Waals surface area contributed by atoms with E-state index in [2.05, 4.69) is 6.58 Å². The third-order valence-electron chi connectivity index (χ3n) is 2.42. The molecule has 0 saturated heterocycles. The molecule has 1 rings (SSSR count). The SMILES string of the molecule is C=CCN(CC)c1ccc([N+](=O)[O-])cc1C=O. The molecule has 5 heteroatoms. The number of carbonyl (C=O) groups excluding carboxylic acids is 1. The first-order valence-electron chi connectivity index (χ1n) is 5.23. The fourth-order valence-corrected chi connectivity index (χ4v) is 1.59. The Bertz CT molecular complexity index is 443. The van der Waals surface area contributed by atoms with E-state index in [0.29, 0.717) is 30.6 Å². The molecule has 1 aromatic rings. The number of hydrogen-bond acceptors (Lipinski definition) is 4. The van der Waals surface area contributed by atoms with Crippen molar-refractivity contribution in [2.45, 2.75) is 6.92 Å². The zero-order chi connectivity index (χ0) is 12.8. The summed E-state index contributed by atoms with van der Waals surface area (Å²) in [6.07, 6.45) is 2.35. The maximum absolute atomic E-state index is 11.0. The molecule has 0 saturated carbocycles. The van der Waals surface area contributed by atoms with Gasteiger partial charge < -0.3 is 4.90 Å². The maximum Gasteiger partial charge on any atom is 0.270 e. The van der Waals surface area contributed by atoms with Crippen molar-refractivity contribution in [3.8, 4) is 0 Å². The summed E-state index contributed by atoms with van der Waals surface area (Å²) < 4.78 is 0. The van der Waals surface area contributed by atoms with E-state index < -0.39 is 4.92 Å². The topological polar surface area (TPSA) is 63.4 Å². The number of likely N-dealkylation sites (N-methyl/N-ethyl adjacent to an activating group) is 1. The summed E-state index contributed by atoms with van der Waals surface area (Å²) >= 11 is 0. The predicted molar refractivity (Wildman–Crippen MR) is 66.6 cm³/mol. The first kappa shape index (κ1) is 12.9. The minimum atomic E-state index is -0.513. The van der Waals surface area contributed by atoms with Gasteiger partial charge in [0.25, 0.3) is 5.69 Å². The van der Waals surface area contributed by atoms with Gasteiger partial charge in [0.1, 0.15) is 0 Å². The molecule has 0 aliphatic heterocycles. The average Bonchev–Trinajstić information content (AvgIpc) is 2.35. The van der Waals surface area contributed by atoms with Crippen LogP contribution in [-0.4, -0.2) is 24.3 Å². The lowest BCUT2D eigenvalue weighted by atomic mass is 10.1. The van der Waals surface area contributed by atoms with E-state index in [9.17, 15) is 14.9 Å². The van der Waals surface area contributed by atoms with E-state index in [-0.39, 0.29) is 5.69 Å². The smallest absolute Gasteiger partial charge is 0.270 e. The predicted octanol–water partition coefficient (Wildman–Crippen LogP) is 2.42. The normalized spacial score (nSPS) is 9.71. The molecule has 0 amide bonds. The molecular formula is C12H14N2O3. The van der Waals surface area contributed by atoms with Crippen LogP contribution in [0.25, 0.3) is 0 Å². The minimum Gasteiger partial charge on any atom is -0.368 e. The third kappa shape index (κ3) is 2.90. The van der Waals surface area contributed by atoms with Gasteiger partial charge in [0, 0.05) is 36.5 Å². The molecule has 0 heterocycles. The number of carbonyl (C=O) groups is 1. The highest BCUT2D eigenvalue weighted by atomic mass is 16.6. The van der Waals surface area contributed by atoms with Gasteiger partial charge in [0.15, 0.2) is 6.29 Å². The molecule has 0 fully saturated rings. The zero-order valence-electron chi connectivity index (χ0n) is 9.63. The van der Waals surface area contributed by atoms with Crippen molar-refractivity contribution >= 4 is 17.7 Å². The maximum atomic E-state index is 11.0. The van der Waals surface area contributed by atoms with Crippen LogP contribution in [0.15, 0.2) is 30.9 Å². The van der Waals surface area contributed by atoms with E-state index in [4.69, 9.17) is 0 Å². The Morgan fingerprint density at radius 2 is 2.24 bits per heavy atom. The summed E-state index contributed by atoms with van der Waals surface area (Å²) in [5.41, 5.74) is 0.932. The molecule has 5 nitrogen and oxygen atoms in total. The monoisotopic (exact) mass is 234 g/mol. The molecule has 0 aliphatic carbocycles. The summed E-state index contributed by atoms with van der Waals surface area (Å²) in [7, 11) is 0. The lowest BCUT2D eigenvalue weighted by Crippen LogP contribution is -2.23. The Morgan fingerprint density at radius 1 is 1.53 bits per heavy atom. The molecule has 0 spiro atoms. The number of anilines is 1. The first-order valence-corrected chi connectivity index (χ1v) is 5.23. The second kappa shape index (κ2) is 5.79. The molecule has 0 aliphatic rings. The molecule has 0 atom stereocenters. The van der Waals surface area contributed by atoms with Crippen LogP contribution in [0.5, 0.6) is 0 Å². The van der Waals surface area contributed by atoms with Crippen molar-refractivity contribution in [3.63, 3.8) is 0 Å². The fraction of sp³-hybridized carbons (Fsp3) is 0.250. The summed E-state index contributed by atoms with van der Waals surface area (Å²) in [6.45, 7) is 6.87. The average molecular weight is 234 g/mol. The summed E-state index contributed by atoms with van der Waals surface area (Å²) in [6, 6.07) is 4.27. The van der Waals surface area contributed by atoms with Gasteiger partial charge in [-0.25, -0.2) is 0 Å². The number of benzene rings is 1. The zero-order valence-corrected chi connectivity index (χ0v) is 9.63. The number of nitrogens with zero attached hydrogens (tertiary/aromatic N) is 2. The Balaban J connectivity index is 3.19. The summed E-state index contributed by atoms with van der Waals surface area (Å²) in [4.78, 5) is 23.0. The van der Waals surface area contributed by atoms with Crippen LogP contribution < -0.4 is 4.90 Å². The summed E-state index contributed by atoms with van der Waals surface area (Å²) in [5.74, 6) is 0. The van der Waals surface area contributed by atoms with Crippen molar-refractivity contribution < 1.29 is 9.72 Å². The lowest BCUT2D eigenvalue weighted by Gasteiger charge is -2.22. The van der Waals surface area contributed by atoms with E-state index >= 15 is 0 Å². The van der Waals surface area contributed by atoms with E-state index in [1.165, 1.54) is 12.1 Å². The number of rotatable bonds is 6. The van der Waals surface area contributed by atoms with Crippen LogP contribution in [0.4, 0.5) is 11.4 Å². The molecule has 17 heavy (non-hydrogen) atoms. The fourth-order valence-electron chi connectivity index (χ4n) is 1.59. The van der Waals surface area contributed by atoms with Crippen molar-refractivity contribution in [2.75, 3.05) is 18.0 Å². The van der Waals surface area contributed by atoms with Crippen LogP contribution >= 0.6 is 0 Å². The second-order valence-corrected chi connectivity index (χ2v) is 3.45. The summed E-state index contributed by atoms with van der Waals surface area (Å²) in [5, 5.41) is 10.6. The standard InChI is InChI=1S/C12H14N2O3/c1-3-7-13(4-2)12-6-5-11(14(16)17)8-10(12)9-15/h3,5-6,8-9H,1,4,7H2,2H3. The Kier molecular flexibility index (Phi) is 4.39. The quantitative estimate of drug-likeness (QED) is 0.328. The Morgan fingerprint density at radius 3 is 2.71 bits per heavy atom. The van der Waals surface area contributed by atoms with Crippen LogP contribution in [0.2, 0.25) is 0 Å². The van der Waals surface area contributed by atoms with Crippen LogP contribution in [-0.2, 0) is 0 Å². The van der Waals surface area contributed by atoms with Gasteiger partial charge in [-0.2, -0.15) is 0 Å². The van der Waals surface area contributed by atoms with Gasteiger partial charge in [-0.05, 0) is 13.0 Å². The molecule has 0 N–H and O–H groups in total. The van der Waals surface area contributed by atoms with Crippen LogP contribution in [0.3, 0.4) is 0 Å². The number of hydrogen-bond donors (Lipinski definition) is 0. The highest BCUT2D eigenvalue weighted by Crippen LogP contribution is 2.24. The third-order valence-corrected chi connectivity index (χ3v) is 2.42. The molecule has 1 aromatic carbocycles. The highest BCUT2D eigenvalue weighted by Gasteiger charge is 2.13. The van der Waals surface area contributed by atoms with Crippen molar-refractivity contribution in [3.05, 3.63) is 46.5 Å². The molecule has 90 valence electrons. The van der Waals surface area contributed by atoms with Crippen molar-refractivity contribution in [1.82, 2.24) is 0 Å². The first-order chi connectivity index (χ1) is 8.13. The second-order valence-electron chi connectivity index (χ2n) is 3.45. The molecule has 0 radical (unpaired) electrons. The molecular weight excluding hydrogens is 220 g/mol. The van der Waals surface area contributed by atoms with Crippen molar-refractivity contribution in [1.29, 1.82) is 0 Å². The van der Waals surface area contributed by atoms with E-state index in [0.717, 1.165) is 0 Å². The number of nitro groups is 1. The minimum absolute atomic E-state index is 0.0782. The highest BCUT2D eigenvalue weighted by molar-refractivity contribution is 5.86. The van der Waals surface area contributed by atoms with Crippen molar-refractivity contribution in [2.24, 2.45) is 0 Å². The Hall–Kier alpha value is -2.17. The van der Waals surface area contributed by atoms with Gasteiger partial charge in [0.05, 0.1) is 4.92 Å². The van der Waals surface area contributed by atoms with Gasteiger partial charge in [-0.15, -0.1) is 6.58 Å². The Labute approximate surface area is 99.5 Å².